The fraction of sp³-hybridized carbons (Fsp3) is 0.0833. The van der Waals surface area contributed by atoms with Gasteiger partial charge in [-0.25, -0.2) is 13.4 Å². The quantitative estimate of drug-likeness (QED) is 0.852. The van der Waals surface area contributed by atoms with Crippen molar-refractivity contribution in [2.45, 2.75) is 11.8 Å². The Kier molecular flexibility index (Phi) is 3.64. The van der Waals surface area contributed by atoms with Crippen LogP contribution in [-0.4, -0.2) is 13.4 Å². The van der Waals surface area contributed by atoms with E-state index in [1.807, 2.05) is 0 Å². The first-order valence-corrected chi connectivity index (χ1v) is 7.26. The predicted molar refractivity (Wildman–Crippen MR) is 75.6 cm³/mol. The molecule has 0 aliphatic carbocycles. The number of benzene rings is 1. The van der Waals surface area contributed by atoms with E-state index in [4.69, 9.17) is 17.3 Å². The zero-order valence-corrected chi connectivity index (χ0v) is 11.7. The Morgan fingerprint density at radius 3 is 2.68 bits per heavy atom. The van der Waals surface area contributed by atoms with Gasteiger partial charge < -0.3 is 5.73 Å². The van der Waals surface area contributed by atoms with Crippen LogP contribution in [0, 0.1) is 6.92 Å². The summed E-state index contributed by atoms with van der Waals surface area (Å²) in [7, 11) is -3.78. The third-order valence-corrected chi connectivity index (χ3v) is 4.15. The molecule has 0 fully saturated rings. The van der Waals surface area contributed by atoms with E-state index < -0.39 is 10.0 Å². The summed E-state index contributed by atoms with van der Waals surface area (Å²) in [5, 5.41) is 0.380. The first kappa shape index (κ1) is 13.6. The standard InChI is InChI=1S/C12H12ClN3O2S/c1-8-3-2-6-15-12(8)16-19(17,18)11-5-4-9(13)7-10(11)14/h2-7H,14H2,1H3,(H,15,16). The van der Waals surface area contributed by atoms with Gasteiger partial charge in [0.2, 0.25) is 0 Å². The monoisotopic (exact) mass is 297 g/mol. The van der Waals surface area contributed by atoms with Crippen LogP contribution in [-0.2, 0) is 10.0 Å². The number of rotatable bonds is 3. The Hall–Kier alpha value is -1.79. The van der Waals surface area contributed by atoms with E-state index in [1.165, 1.54) is 24.4 Å². The molecule has 7 heteroatoms. The van der Waals surface area contributed by atoms with E-state index in [2.05, 4.69) is 9.71 Å². The molecule has 0 aliphatic heterocycles. The molecule has 2 aromatic rings. The lowest BCUT2D eigenvalue weighted by atomic mass is 10.3. The number of aryl methyl sites for hydroxylation is 1. The topological polar surface area (TPSA) is 85.1 Å². The predicted octanol–water partition coefficient (Wildman–Crippen LogP) is 2.43. The van der Waals surface area contributed by atoms with E-state index in [0.717, 1.165) is 5.56 Å². The highest BCUT2D eigenvalue weighted by atomic mass is 35.5. The summed E-state index contributed by atoms with van der Waals surface area (Å²) >= 11 is 5.74. The molecule has 5 nitrogen and oxygen atoms in total. The van der Waals surface area contributed by atoms with Gasteiger partial charge in [-0.2, -0.15) is 0 Å². The lowest BCUT2D eigenvalue weighted by Gasteiger charge is -2.11. The third kappa shape index (κ3) is 2.97. The lowest BCUT2D eigenvalue weighted by Crippen LogP contribution is -2.16. The average Bonchev–Trinajstić information content (AvgIpc) is 2.31. The molecule has 1 heterocycles. The second-order valence-corrected chi connectivity index (χ2v) is 6.04. The summed E-state index contributed by atoms with van der Waals surface area (Å²) in [4.78, 5) is 3.95. The summed E-state index contributed by atoms with van der Waals surface area (Å²) in [6.45, 7) is 1.76. The molecule has 0 radical (unpaired) electrons. The van der Waals surface area contributed by atoms with Gasteiger partial charge in [-0.3, -0.25) is 4.72 Å². The molecule has 100 valence electrons. The van der Waals surface area contributed by atoms with E-state index in [0.29, 0.717) is 5.02 Å². The molecule has 0 bridgehead atoms. The van der Waals surface area contributed by atoms with Gasteiger partial charge in [0, 0.05) is 11.2 Å². The second-order valence-electron chi connectivity index (χ2n) is 3.96. The van der Waals surface area contributed by atoms with Gasteiger partial charge in [0.1, 0.15) is 10.7 Å². The average molecular weight is 298 g/mol. The zero-order chi connectivity index (χ0) is 14.0. The Bertz CT molecular complexity index is 717. The molecule has 3 N–H and O–H groups in total. The van der Waals surface area contributed by atoms with E-state index >= 15 is 0 Å². The van der Waals surface area contributed by atoms with E-state index in [-0.39, 0.29) is 16.4 Å². The highest BCUT2D eigenvalue weighted by Crippen LogP contribution is 2.24. The Balaban J connectivity index is 2.41. The van der Waals surface area contributed by atoms with Crippen LogP contribution in [0.4, 0.5) is 11.5 Å². The number of nitrogen functional groups attached to an aromatic ring is 1. The number of anilines is 2. The van der Waals surface area contributed by atoms with Gasteiger partial charge >= 0.3 is 0 Å². The first-order valence-electron chi connectivity index (χ1n) is 5.39. The molecule has 1 aromatic heterocycles. The minimum Gasteiger partial charge on any atom is -0.398 e. The molecule has 0 spiro atoms. The summed E-state index contributed by atoms with van der Waals surface area (Å²) in [5.41, 5.74) is 6.49. The van der Waals surface area contributed by atoms with Crippen molar-refractivity contribution < 1.29 is 8.42 Å². The highest BCUT2D eigenvalue weighted by Gasteiger charge is 2.18. The van der Waals surface area contributed by atoms with Crippen LogP contribution >= 0.6 is 11.6 Å². The number of pyridine rings is 1. The third-order valence-electron chi connectivity index (χ3n) is 2.50. The zero-order valence-electron chi connectivity index (χ0n) is 10.1. The fourth-order valence-corrected chi connectivity index (χ4v) is 2.91. The van der Waals surface area contributed by atoms with Crippen molar-refractivity contribution in [2.24, 2.45) is 0 Å². The van der Waals surface area contributed by atoms with Crippen molar-refractivity contribution in [1.29, 1.82) is 0 Å². The normalized spacial score (nSPS) is 11.3. The van der Waals surface area contributed by atoms with Crippen molar-refractivity contribution in [2.75, 3.05) is 10.5 Å². The maximum Gasteiger partial charge on any atom is 0.265 e. The Morgan fingerprint density at radius 1 is 1.32 bits per heavy atom. The minimum absolute atomic E-state index is 0.0260. The second kappa shape index (κ2) is 5.07. The number of halogens is 1. The van der Waals surface area contributed by atoms with Crippen LogP contribution in [0.2, 0.25) is 5.02 Å². The molecule has 0 unspecified atom stereocenters. The lowest BCUT2D eigenvalue weighted by molar-refractivity contribution is 0.601. The highest BCUT2D eigenvalue weighted by molar-refractivity contribution is 7.92. The van der Waals surface area contributed by atoms with Gasteiger partial charge in [0.05, 0.1) is 5.69 Å². The van der Waals surface area contributed by atoms with Crippen LogP contribution in [0.3, 0.4) is 0 Å². The molecule has 0 aliphatic rings. The van der Waals surface area contributed by atoms with Crippen molar-refractivity contribution in [3.8, 4) is 0 Å². The summed E-state index contributed by atoms with van der Waals surface area (Å²) in [6, 6.07) is 7.71. The van der Waals surface area contributed by atoms with Crippen molar-refractivity contribution in [1.82, 2.24) is 4.98 Å². The van der Waals surface area contributed by atoms with Crippen LogP contribution in [0.5, 0.6) is 0 Å². The maximum atomic E-state index is 12.2. The molecule has 2 rings (SSSR count). The number of hydrogen-bond acceptors (Lipinski definition) is 4. The number of hydrogen-bond donors (Lipinski definition) is 2. The largest absolute Gasteiger partial charge is 0.398 e. The van der Waals surface area contributed by atoms with Gasteiger partial charge in [-0.05, 0) is 36.8 Å². The number of nitrogens with two attached hydrogens (primary N) is 1. The Labute approximate surface area is 116 Å². The van der Waals surface area contributed by atoms with Gasteiger partial charge in [-0.1, -0.05) is 17.7 Å². The molecule has 0 amide bonds. The Morgan fingerprint density at radius 2 is 2.05 bits per heavy atom. The summed E-state index contributed by atoms with van der Waals surface area (Å²) in [5.74, 6) is 0.275. The first-order chi connectivity index (χ1) is 8.90. The number of sulfonamides is 1. The van der Waals surface area contributed by atoms with Gasteiger partial charge in [0.25, 0.3) is 10.0 Å². The van der Waals surface area contributed by atoms with E-state index in [9.17, 15) is 8.42 Å². The van der Waals surface area contributed by atoms with Gasteiger partial charge in [0.15, 0.2) is 0 Å². The van der Waals surface area contributed by atoms with Crippen molar-refractivity contribution in [3.05, 3.63) is 47.1 Å². The van der Waals surface area contributed by atoms with Crippen molar-refractivity contribution >= 4 is 33.1 Å². The molecular weight excluding hydrogens is 286 g/mol. The molecule has 0 saturated heterocycles. The van der Waals surface area contributed by atoms with Crippen molar-refractivity contribution in [3.63, 3.8) is 0 Å². The summed E-state index contributed by atoms with van der Waals surface area (Å²) < 4.78 is 26.8. The number of nitrogens with zero attached hydrogens (tertiary/aromatic N) is 1. The van der Waals surface area contributed by atoms with Crippen LogP contribution in [0.25, 0.3) is 0 Å². The smallest absolute Gasteiger partial charge is 0.265 e. The molecule has 0 atom stereocenters. The number of nitrogens with one attached hydrogen (secondary N) is 1. The fourth-order valence-electron chi connectivity index (χ4n) is 1.54. The SMILES string of the molecule is Cc1cccnc1NS(=O)(=O)c1ccc(Cl)cc1N. The van der Waals surface area contributed by atoms with Crippen LogP contribution in [0.15, 0.2) is 41.4 Å². The molecular formula is C12H12ClN3O2S. The minimum atomic E-state index is -3.78. The molecule has 0 saturated carbocycles. The number of aromatic nitrogens is 1. The van der Waals surface area contributed by atoms with Gasteiger partial charge in [-0.15, -0.1) is 0 Å². The maximum absolute atomic E-state index is 12.2. The summed E-state index contributed by atoms with van der Waals surface area (Å²) in [6.07, 6.45) is 1.51. The van der Waals surface area contributed by atoms with Crippen LogP contribution in [0.1, 0.15) is 5.56 Å². The molecule has 1 aromatic carbocycles. The van der Waals surface area contributed by atoms with E-state index in [1.54, 1.807) is 19.1 Å². The van der Waals surface area contributed by atoms with Crippen LogP contribution < -0.4 is 10.5 Å². The molecule has 19 heavy (non-hydrogen) atoms.